The summed E-state index contributed by atoms with van der Waals surface area (Å²) in [6, 6.07) is 16.5. The summed E-state index contributed by atoms with van der Waals surface area (Å²) >= 11 is 5.27. The van der Waals surface area contributed by atoms with Crippen molar-refractivity contribution in [1.82, 2.24) is 9.62 Å². The fourth-order valence-corrected chi connectivity index (χ4v) is 4.19. The van der Waals surface area contributed by atoms with Gasteiger partial charge < -0.3 is 15.4 Å². The molecule has 0 aromatic heterocycles. The zero-order valence-corrected chi connectivity index (χ0v) is 15.9. The number of para-hydroxylation sites is 1. The van der Waals surface area contributed by atoms with E-state index in [0.29, 0.717) is 42.9 Å². The maximum Gasteiger partial charge on any atom is 0.243 e. The van der Waals surface area contributed by atoms with Crippen LogP contribution in [-0.2, 0) is 21.3 Å². The molecule has 0 unspecified atom stereocenters. The standard InChI is InChI=1S/C18H21N3O3S2/c22-26(23,21-10-12-24-13-11-21)17-8-6-15(7-9-17)14-19-18(25)20-16-4-2-1-3-5-16/h1-9H,10-14H2,(H2,19,20,25). The minimum Gasteiger partial charge on any atom is -0.379 e. The molecule has 138 valence electrons. The summed E-state index contributed by atoms with van der Waals surface area (Å²) in [5, 5.41) is 6.72. The Morgan fingerprint density at radius 3 is 2.35 bits per heavy atom. The molecule has 3 rings (SSSR count). The molecule has 2 N–H and O–H groups in total. The van der Waals surface area contributed by atoms with Crippen LogP contribution in [0.4, 0.5) is 5.69 Å². The van der Waals surface area contributed by atoms with Crippen molar-refractivity contribution in [1.29, 1.82) is 0 Å². The molecule has 0 atom stereocenters. The Hall–Kier alpha value is -2.00. The number of hydrogen-bond donors (Lipinski definition) is 2. The molecule has 0 bridgehead atoms. The first-order valence-electron chi connectivity index (χ1n) is 8.32. The molecule has 8 heteroatoms. The molecule has 26 heavy (non-hydrogen) atoms. The van der Waals surface area contributed by atoms with Gasteiger partial charge in [-0.05, 0) is 42.0 Å². The third-order valence-corrected chi connectivity index (χ3v) is 6.18. The van der Waals surface area contributed by atoms with Gasteiger partial charge in [-0.1, -0.05) is 30.3 Å². The average molecular weight is 392 g/mol. The molecular weight excluding hydrogens is 370 g/mol. The maximum atomic E-state index is 12.6. The summed E-state index contributed by atoms with van der Waals surface area (Å²) in [5.74, 6) is 0. The highest BCUT2D eigenvalue weighted by molar-refractivity contribution is 7.89. The van der Waals surface area contributed by atoms with Gasteiger partial charge in [0.25, 0.3) is 0 Å². The van der Waals surface area contributed by atoms with Crippen molar-refractivity contribution in [2.45, 2.75) is 11.4 Å². The lowest BCUT2D eigenvalue weighted by Crippen LogP contribution is -2.40. The van der Waals surface area contributed by atoms with Gasteiger partial charge in [0, 0.05) is 25.3 Å². The predicted octanol–water partition coefficient (Wildman–Crippen LogP) is 2.19. The van der Waals surface area contributed by atoms with E-state index < -0.39 is 10.0 Å². The van der Waals surface area contributed by atoms with Crippen LogP contribution in [0.1, 0.15) is 5.56 Å². The first-order chi connectivity index (χ1) is 12.6. The van der Waals surface area contributed by atoms with E-state index in [0.717, 1.165) is 11.3 Å². The number of thiocarbonyl (C=S) groups is 1. The fourth-order valence-electron chi connectivity index (χ4n) is 2.59. The third-order valence-electron chi connectivity index (χ3n) is 4.02. The number of morpholine rings is 1. The second kappa shape index (κ2) is 8.59. The second-order valence-electron chi connectivity index (χ2n) is 5.83. The van der Waals surface area contributed by atoms with E-state index in [1.807, 2.05) is 30.3 Å². The van der Waals surface area contributed by atoms with Gasteiger partial charge in [0.05, 0.1) is 18.1 Å². The van der Waals surface area contributed by atoms with Crippen LogP contribution < -0.4 is 10.6 Å². The summed E-state index contributed by atoms with van der Waals surface area (Å²) in [6.07, 6.45) is 0. The molecule has 0 saturated carbocycles. The highest BCUT2D eigenvalue weighted by atomic mass is 32.2. The van der Waals surface area contributed by atoms with Gasteiger partial charge in [0.1, 0.15) is 0 Å². The quantitative estimate of drug-likeness (QED) is 0.762. The molecule has 1 aliphatic heterocycles. The number of anilines is 1. The summed E-state index contributed by atoms with van der Waals surface area (Å²) in [7, 11) is -3.46. The van der Waals surface area contributed by atoms with Crippen LogP contribution in [0.2, 0.25) is 0 Å². The van der Waals surface area contributed by atoms with Crippen LogP contribution in [0.5, 0.6) is 0 Å². The van der Waals surface area contributed by atoms with E-state index in [-0.39, 0.29) is 0 Å². The highest BCUT2D eigenvalue weighted by Crippen LogP contribution is 2.17. The van der Waals surface area contributed by atoms with Crippen molar-refractivity contribution in [3.8, 4) is 0 Å². The van der Waals surface area contributed by atoms with Crippen molar-refractivity contribution in [3.05, 3.63) is 60.2 Å². The van der Waals surface area contributed by atoms with Crippen molar-refractivity contribution in [2.75, 3.05) is 31.6 Å². The second-order valence-corrected chi connectivity index (χ2v) is 8.18. The van der Waals surface area contributed by atoms with E-state index in [1.54, 1.807) is 24.3 Å². The molecule has 0 amide bonds. The van der Waals surface area contributed by atoms with Crippen molar-refractivity contribution in [2.24, 2.45) is 0 Å². The molecule has 1 saturated heterocycles. The Bertz CT molecular complexity index is 834. The summed E-state index contributed by atoms with van der Waals surface area (Å²) < 4.78 is 31.9. The number of ether oxygens (including phenoxy) is 1. The lowest BCUT2D eigenvalue weighted by atomic mass is 10.2. The number of sulfonamides is 1. The third kappa shape index (κ3) is 4.79. The zero-order valence-electron chi connectivity index (χ0n) is 14.2. The summed E-state index contributed by atoms with van der Waals surface area (Å²) in [6.45, 7) is 2.17. The molecular formula is C18H21N3O3S2. The molecule has 0 aliphatic carbocycles. The van der Waals surface area contributed by atoms with Gasteiger partial charge >= 0.3 is 0 Å². The SMILES string of the molecule is O=S(=O)(c1ccc(CNC(=S)Nc2ccccc2)cc1)N1CCOCC1. The summed E-state index contributed by atoms with van der Waals surface area (Å²) in [4.78, 5) is 0.299. The van der Waals surface area contributed by atoms with E-state index in [2.05, 4.69) is 10.6 Å². The maximum absolute atomic E-state index is 12.6. The van der Waals surface area contributed by atoms with Crippen LogP contribution in [0, 0.1) is 0 Å². The van der Waals surface area contributed by atoms with Crippen molar-refractivity contribution < 1.29 is 13.2 Å². The van der Waals surface area contributed by atoms with Crippen LogP contribution in [-0.4, -0.2) is 44.1 Å². The Morgan fingerprint density at radius 2 is 1.69 bits per heavy atom. The molecule has 0 radical (unpaired) electrons. The molecule has 1 fully saturated rings. The lowest BCUT2D eigenvalue weighted by molar-refractivity contribution is 0.0730. The molecule has 0 spiro atoms. The van der Waals surface area contributed by atoms with Gasteiger partial charge in [-0.2, -0.15) is 4.31 Å². The largest absolute Gasteiger partial charge is 0.379 e. The Balaban J connectivity index is 1.56. The number of rotatable bonds is 5. The normalized spacial score (nSPS) is 15.4. The Morgan fingerprint density at radius 1 is 1.04 bits per heavy atom. The number of nitrogens with zero attached hydrogens (tertiary/aromatic N) is 1. The molecule has 1 heterocycles. The van der Waals surface area contributed by atoms with Crippen LogP contribution in [0.25, 0.3) is 0 Å². The Kier molecular flexibility index (Phi) is 6.20. The van der Waals surface area contributed by atoms with Crippen molar-refractivity contribution >= 4 is 33.0 Å². The molecule has 6 nitrogen and oxygen atoms in total. The smallest absolute Gasteiger partial charge is 0.243 e. The van der Waals surface area contributed by atoms with Crippen LogP contribution >= 0.6 is 12.2 Å². The predicted molar refractivity (Wildman–Crippen MR) is 106 cm³/mol. The lowest BCUT2D eigenvalue weighted by Gasteiger charge is -2.26. The van der Waals surface area contributed by atoms with Gasteiger partial charge in [-0.25, -0.2) is 8.42 Å². The minimum atomic E-state index is -3.46. The number of benzene rings is 2. The van der Waals surface area contributed by atoms with Crippen LogP contribution in [0.15, 0.2) is 59.5 Å². The molecule has 2 aromatic rings. The molecule has 1 aliphatic rings. The zero-order chi connectivity index (χ0) is 18.4. The van der Waals surface area contributed by atoms with E-state index in [1.165, 1.54) is 4.31 Å². The fraction of sp³-hybridized carbons (Fsp3) is 0.278. The van der Waals surface area contributed by atoms with Gasteiger partial charge in [-0.15, -0.1) is 0 Å². The van der Waals surface area contributed by atoms with Crippen LogP contribution in [0.3, 0.4) is 0 Å². The molecule has 2 aromatic carbocycles. The Labute approximate surface area is 159 Å². The first-order valence-corrected chi connectivity index (χ1v) is 10.2. The highest BCUT2D eigenvalue weighted by Gasteiger charge is 2.25. The average Bonchev–Trinajstić information content (AvgIpc) is 2.68. The van der Waals surface area contributed by atoms with Crippen molar-refractivity contribution in [3.63, 3.8) is 0 Å². The summed E-state index contributed by atoms with van der Waals surface area (Å²) in [5.41, 5.74) is 1.86. The minimum absolute atomic E-state index is 0.299. The van der Waals surface area contributed by atoms with Gasteiger partial charge in [0.15, 0.2) is 5.11 Å². The number of nitrogens with one attached hydrogen (secondary N) is 2. The van der Waals surface area contributed by atoms with E-state index in [4.69, 9.17) is 17.0 Å². The first kappa shape index (κ1) is 18.8. The van der Waals surface area contributed by atoms with Gasteiger partial charge in [0.2, 0.25) is 10.0 Å². The van der Waals surface area contributed by atoms with E-state index in [9.17, 15) is 8.42 Å². The van der Waals surface area contributed by atoms with Gasteiger partial charge in [-0.3, -0.25) is 0 Å². The van der Waals surface area contributed by atoms with E-state index >= 15 is 0 Å². The number of hydrogen-bond acceptors (Lipinski definition) is 4. The topological polar surface area (TPSA) is 70.7 Å². The monoisotopic (exact) mass is 391 g/mol.